The van der Waals surface area contributed by atoms with Crippen LogP contribution in [-0.4, -0.2) is 41.2 Å². The lowest BCUT2D eigenvalue weighted by Crippen LogP contribution is -2.32. The zero-order valence-corrected chi connectivity index (χ0v) is 11.9. The number of carboxylic acids is 1. The average molecular weight is 286 g/mol. The molecule has 2 aliphatic rings. The number of methoxy groups -OCH3 is 1. The third kappa shape index (κ3) is 1.84. The van der Waals surface area contributed by atoms with Crippen molar-refractivity contribution in [2.75, 3.05) is 20.2 Å². The van der Waals surface area contributed by atoms with Crippen molar-refractivity contribution >= 4 is 16.9 Å². The van der Waals surface area contributed by atoms with Gasteiger partial charge in [-0.15, -0.1) is 0 Å². The van der Waals surface area contributed by atoms with Crippen molar-refractivity contribution in [1.82, 2.24) is 9.88 Å². The summed E-state index contributed by atoms with van der Waals surface area (Å²) in [6.45, 7) is 1.75. The molecule has 0 amide bonds. The molecule has 0 saturated carbocycles. The summed E-state index contributed by atoms with van der Waals surface area (Å²) in [5, 5.41) is 10.8. The van der Waals surface area contributed by atoms with Gasteiger partial charge in [-0.05, 0) is 49.1 Å². The van der Waals surface area contributed by atoms with Gasteiger partial charge >= 0.3 is 5.97 Å². The minimum absolute atomic E-state index is 0.550. The molecule has 0 spiro atoms. The highest BCUT2D eigenvalue weighted by atomic mass is 16.5. The molecule has 3 atom stereocenters. The SMILES string of the molecule is COc1ccc2[nH]c3c(c2c1)CC1CCN(C1)C3C(=O)O. The number of fused-ring (bicyclic) bond motifs is 5. The molecule has 1 aromatic heterocycles. The molecule has 3 heterocycles. The highest BCUT2D eigenvalue weighted by Crippen LogP contribution is 2.40. The number of aromatic nitrogens is 1. The molecule has 0 aliphatic carbocycles. The molecule has 3 unspecified atom stereocenters. The van der Waals surface area contributed by atoms with Gasteiger partial charge in [-0.1, -0.05) is 0 Å². The first-order valence-electron chi connectivity index (χ1n) is 7.32. The quantitative estimate of drug-likeness (QED) is 0.888. The largest absolute Gasteiger partial charge is 0.497 e. The second-order valence-electron chi connectivity index (χ2n) is 6.02. The number of carbonyl (C=O) groups is 1. The highest BCUT2D eigenvalue weighted by Gasteiger charge is 2.40. The fourth-order valence-electron chi connectivity index (χ4n) is 3.84. The summed E-state index contributed by atoms with van der Waals surface area (Å²) in [6.07, 6.45) is 2.03. The number of benzene rings is 1. The van der Waals surface area contributed by atoms with Crippen LogP contribution in [-0.2, 0) is 11.2 Å². The Morgan fingerprint density at radius 1 is 1.48 bits per heavy atom. The average Bonchev–Trinajstić information content (AvgIpc) is 3.00. The van der Waals surface area contributed by atoms with Crippen LogP contribution in [0.25, 0.3) is 10.9 Å². The molecule has 4 rings (SSSR count). The lowest BCUT2D eigenvalue weighted by Gasteiger charge is -2.22. The van der Waals surface area contributed by atoms with Crippen LogP contribution >= 0.6 is 0 Å². The van der Waals surface area contributed by atoms with Gasteiger partial charge in [-0.3, -0.25) is 9.69 Å². The molecule has 5 nitrogen and oxygen atoms in total. The van der Waals surface area contributed by atoms with E-state index in [4.69, 9.17) is 4.74 Å². The molecule has 110 valence electrons. The molecular weight excluding hydrogens is 268 g/mol. The Hall–Kier alpha value is -2.01. The molecule has 2 aliphatic heterocycles. The van der Waals surface area contributed by atoms with Crippen molar-refractivity contribution in [3.63, 3.8) is 0 Å². The van der Waals surface area contributed by atoms with Crippen LogP contribution in [0.5, 0.6) is 5.75 Å². The van der Waals surface area contributed by atoms with E-state index < -0.39 is 12.0 Å². The zero-order chi connectivity index (χ0) is 14.6. The maximum atomic E-state index is 11.8. The van der Waals surface area contributed by atoms with Crippen LogP contribution in [0, 0.1) is 5.92 Å². The number of nitrogens with zero attached hydrogens (tertiary/aromatic N) is 1. The van der Waals surface area contributed by atoms with E-state index in [2.05, 4.69) is 9.88 Å². The number of nitrogens with one attached hydrogen (secondary N) is 1. The Balaban J connectivity index is 1.95. The number of hydrogen-bond donors (Lipinski definition) is 2. The fourth-order valence-corrected chi connectivity index (χ4v) is 3.84. The van der Waals surface area contributed by atoms with Gasteiger partial charge in [-0.25, -0.2) is 0 Å². The Morgan fingerprint density at radius 2 is 2.33 bits per heavy atom. The van der Waals surface area contributed by atoms with Crippen LogP contribution in [0.2, 0.25) is 0 Å². The van der Waals surface area contributed by atoms with E-state index in [1.165, 1.54) is 0 Å². The summed E-state index contributed by atoms with van der Waals surface area (Å²) in [5.74, 6) is 0.599. The molecular formula is C16H18N2O3. The highest BCUT2D eigenvalue weighted by molar-refractivity contribution is 5.89. The second kappa shape index (κ2) is 4.49. The van der Waals surface area contributed by atoms with Crippen LogP contribution in [0.15, 0.2) is 18.2 Å². The van der Waals surface area contributed by atoms with Gasteiger partial charge in [0.05, 0.1) is 7.11 Å². The molecule has 2 bridgehead atoms. The standard InChI is InChI=1S/C16H18N2O3/c1-21-10-2-3-13-11(7-10)12-6-9-4-5-18(8-9)15(16(19)20)14(12)17-13/h2-3,7,9,15,17H,4-6,8H2,1H3,(H,19,20). The second-order valence-corrected chi connectivity index (χ2v) is 6.02. The van der Waals surface area contributed by atoms with E-state index in [0.717, 1.165) is 53.8 Å². The number of ether oxygens (including phenoxy) is 1. The van der Waals surface area contributed by atoms with E-state index in [1.54, 1.807) is 7.11 Å². The van der Waals surface area contributed by atoms with E-state index >= 15 is 0 Å². The zero-order valence-electron chi connectivity index (χ0n) is 11.9. The lowest BCUT2D eigenvalue weighted by molar-refractivity contribution is -0.143. The number of rotatable bonds is 2. The molecule has 1 aromatic carbocycles. The number of H-pyrrole nitrogens is 1. The number of hydrogen-bond acceptors (Lipinski definition) is 3. The molecule has 1 fully saturated rings. The van der Waals surface area contributed by atoms with E-state index in [0.29, 0.717) is 5.92 Å². The van der Waals surface area contributed by atoms with Crippen LogP contribution < -0.4 is 4.74 Å². The van der Waals surface area contributed by atoms with E-state index in [-0.39, 0.29) is 0 Å². The predicted octanol–water partition coefficient (Wildman–Crippen LogP) is 2.18. The van der Waals surface area contributed by atoms with Crippen molar-refractivity contribution in [3.8, 4) is 5.75 Å². The number of aliphatic carboxylic acids is 1. The first-order valence-corrected chi connectivity index (χ1v) is 7.32. The Bertz CT molecular complexity index is 722. The molecule has 2 N–H and O–H groups in total. The normalized spacial score (nSPS) is 27.4. The number of carboxylic acid groups (broad SMARTS) is 1. The van der Waals surface area contributed by atoms with Crippen LogP contribution in [0.3, 0.4) is 0 Å². The topological polar surface area (TPSA) is 65.6 Å². The van der Waals surface area contributed by atoms with Gasteiger partial charge in [0.2, 0.25) is 0 Å². The summed E-state index contributed by atoms with van der Waals surface area (Å²) in [6, 6.07) is 5.34. The van der Waals surface area contributed by atoms with E-state index in [1.807, 2.05) is 18.2 Å². The molecule has 21 heavy (non-hydrogen) atoms. The summed E-state index contributed by atoms with van der Waals surface area (Å²) in [5.41, 5.74) is 3.01. The molecule has 5 heteroatoms. The van der Waals surface area contributed by atoms with Crippen molar-refractivity contribution < 1.29 is 14.6 Å². The maximum Gasteiger partial charge on any atom is 0.327 e. The Morgan fingerprint density at radius 3 is 3.10 bits per heavy atom. The van der Waals surface area contributed by atoms with E-state index in [9.17, 15) is 9.90 Å². The molecule has 0 radical (unpaired) electrons. The predicted molar refractivity (Wildman–Crippen MR) is 78.6 cm³/mol. The summed E-state index contributed by atoms with van der Waals surface area (Å²) in [7, 11) is 1.65. The van der Waals surface area contributed by atoms with Crippen molar-refractivity contribution in [2.24, 2.45) is 5.92 Å². The maximum absolute atomic E-state index is 11.8. The Labute approximate surface area is 122 Å². The third-order valence-electron chi connectivity index (χ3n) is 4.83. The minimum Gasteiger partial charge on any atom is -0.497 e. The first kappa shape index (κ1) is 12.7. The van der Waals surface area contributed by atoms with Crippen molar-refractivity contribution in [1.29, 1.82) is 0 Å². The monoisotopic (exact) mass is 286 g/mol. The van der Waals surface area contributed by atoms with Gasteiger partial charge in [0.15, 0.2) is 0 Å². The fraction of sp³-hybridized carbons (Fsp3) is 0.438. The van der Waals surface area contributed by atoms with Crippen LogP contribution in [0.4, 0.5) is 0 Å². The smallest absolute Gasteiger partial charge is 0.327 e. The van der Waals surface area contributed by atoms with Crippen molar-refractivity contribution in [2.45, 2.75) is 18.9 Å². The first-order chi connectivity index (χ1) is 10.2. The summed E-state index contributed by atoms with van der Waals surface area (Å²) >= 11 is 0. The number of aromatic amines is 1. The van der Waals surface area contributed by atoms with Gasteiger partial charge in [0, 0.05) is 23.1 Å². The Kier molecular flexibility index (Phi) is 2.72. The van der Waals surface area contributed by atoms with Crippen LogP contribution in [0.1, 0.15) is 23.7 Å². The van der Waals surface area contributed by atoms with Gasteiger partial charge < -0.3 is 14.8 Å². The lowest BCUT2D eigenvalue weighted by atomic mass is 9.95. The van der Waals surface area contributed by atoms with Gasteiger partial charge in [0.25, 0.3) is 0 Å². The summed E-state index contributed by atoms with van der Waals surface area (Å²) in [4.78, 5) is 17.2. The summed E-state index contributed by atoms with van der Waals surface area (Å²) < 4.78 is 5.31. The van der Waals surface area contributed by atoms with Gasteiger partial charge in [-0.2, -0.15) is 0 Å². The third-order valence-corrected chi connectivity index (χ3v) is 4.83. The molecule has 1 saturated heterocycles. The van der Waals surface area contributed by atoms with Gasteiger partial charge in [0.1, 0.15) is 11.8 Å². The molecule has 2 aromatic rings. The van der Waals surface area contributed by atoms with Crippen molar-refractivity contribution in [3.05, 3.63) is 29.5 Å². The minimum atomic E-state index is -0.766.